The number of carbonyl (C=O) groups excluding carboxylic acids is 2. The van der Waals surface area contributed by atoms with E-state index in [1.165, 1.54) is 4.90 Å². The Morgan fingerprint density at radius 3 is 2.39 bits per heavy atom. The minimum absolute atomic E-state index is 0.0970. The molecule has 1 heterocycles. The Hall–Kier alpha value is -1.24. The number of likely N-dealkylation sites (tertiary alicyclic amines) is 1. The van der Waals surface area contributed by atoms with Crippen LogP contribution in [0.2, 0.25) is 0 Å². The Bertz CT molecular complexity index is 455. The lowest BCUT2D eigenvalue weighted by Crippen LogP contribution is -2.55. The number of thiol groups is 1. The maximum Gasteiger partial charge on any atom is 0.326 e. The minimum atomic E-state index is -0.989. The second kappa shape index (κ2) is 8.57. The Morgan fingerprint density at radius 2 is 1.91 bits per heavy atom. The third kappa shape index (κ3) is 4.86. The van der Waals surface area contributed by atoms with E-state index < -0.39 is 23.3 Å². The van der Waals surface area contributed by atoms with Crippen LogP contribution in [0.15, 0.2) is 0 Å². The predicted octanol–water partition coefficient (Wildman–Crippen LogP) is 1.55. The molecule has 4 atom stereocenters. The van der Waals surface area contributed by atoms with Crippen LogP contribution in [0.5, 0.6) is 0 Å². The molecule has 1 rings (SSSR count). The topological polar surface area (TPSA) is 86.7 Å². The average Bonchev–Trinajstić information content (AvgIpc) is 2.99. The number of carboxylic acids is 1. The first-order valence-corrected chi connectivity index (χ1v) is 8.74. The first-order chi connectivity index (χ1) is 10.7. The summed E-state index contributed by atoms with van der Waals surface area (Å²) < 4.78 is 0. The number of carboxylic acid groups (broad SMARTS) is 1. The van der Waals surface area contributed by atoms with Gasteiger partial charge in [-0.1, -0.05) is 34.1 Å². The van der Waals surface area contributed by atoms with Crippen LogP contribution in [0, 0.1) is 11.8 Å². The Balaban J connectivity index is 2.84. The number of hydrogen-bond acceptors (Lipinski definition) is 4. The molecule has 7 heteroatoms. The number of nitrogens with zero attached hydrogens (tertiary/aromatic N) is 1. The minimum Gasteiger partial charge on any atom is -0.480 e. The quantitative estimate of drug-likeness (QED) is 0.612. The van der Waals surface area contributed by atoms with Gasteiger partial charge in [0.2, 0.25) is 11.8 Å². The van der Waals surface area contributed by atoms with E-state index in [1.54, 1.807) is 0 Å². The van der Waals surface area contributed by atoms with Gasteiger partial charge in [-0.15, -0.1) is 0 Å². The Labute approximate surface area is 143 Å². The van der Waals surface area contributed by atoms with E-state index in [0.29, 0.717) is 19.4 Å². The van der Waals surface area contributed by atoms with Crippen molar-refractivity contribution < 1.29 is 19.5 Å². The smallest absolute Gasteiger partial charge is 0.326 e. The SMILES string of the molecule is CC[C@H](C)[C@H](S)C(=O)N[C@H](C(=O)N1CCC[C@H]1C(=O)O)C(C)C. The van der Waals surface area contributed by atoms with Crippen LogP contribution in [0.25, 0.3) is 0 Å². The molecule has 0 aliphatic carbocycles. The van der Waals surface area contributed by atoms with Crippen molar-refractivity contribution in [3.8, 4) is 0 Å². The van der Waals surface area contributed by atoms with Crippen molar-refractivity contribution in [1.82, 2.24) is 10.2 Å². The van der Waals surface area contributed by atoms with Gasteiger partial charge in [0.1, 0.15) is 12.1 Å². The monoisotopic (exact) mass is 344 g/mol. The molecule has 0 saturated carbocycles. The fraction of sp³-hybridized carbons (Fsp3) is 0.812. The summed E-state index contributed by atoms with van der Waals surface area (Å²) in [6.07, 6.45) is 1.94. The number of nitrogens with one attached hydrogen (secondary N) is 1. The summed E-state index contributed by atoms with van der Waals surface area (Å²) in [4.78, 5) is 37.7. The molecule has 6 nitrogen and oxygen atoms in total. The van der Waals surface area contributed by atoms with Gasteiger partial charge in [-0.2, -0.15) is 12.6 Å². The highest BCUT2D eigenvalue weighted by Gasteiger charge is 2.39. The van der Waals surface area contributed by atoms with E-state index in [-0.39, 0.29) is 23.7 Å². The van der Waals surface area contributed by atoms with Crippen molar-refractivity contribution in [2.75, 3.05) is 6.54 Å². The second-order valence-electron chi connectivity index (χ2n) is 6.59. The van der Waals surface area contributed by atoms with E-state index in [1.807, 2.05) is 27.7 Å². The van der Waals surface area contributed by atoms with Crippen LogP contribution in [0.1, 0.15) is 47.0 Å². The van der Waals surface area contributed by atoms with Gasteiger partial charge in [-0.05, 0) is 24.7 Å². The molecule has 132 valence electrons. The largest absolute Gasteiger partial charge is 0.480 e. The third-order valence-corrected chi connectivity index (χ3v) is 5.25. The van der Waals surface area contributed by atoms with E-state index >= 15 is 0 Å². The van der Waals surface area contributed by atoms with Crippen molar-refractivity contribution in [3.05, 3.63) is 0 Å². The Morgan fingerprint density at radius 1 is 1.30 bits per heavy atom. The summed E-state index contributed by atoms with van der Waals surface area (Å²) >= 11 is 4.34. The van der Waals surface area contributed by atoms with Crippen molar-refractivity contribution in [2.24, 2.45) is 11.8 Å². The van der Waals surface area contributed by atoms with Crippen LogP contribution in [0.3, 0.4) is 0 Å². The molecule has 0 aromatic carbocycles. The number of hydrogen-bond donors (Lipinski definition) is 3. The van der Waals surface area contributed by atoms with Gasteiger partial charge in [0.25, 0.3) is 0 Å². The van der Waals surface area contributed by atoms with Crippen molar-refractivity contribution in [3.63, 3.8) is 0 Å². The lowest BCUT2D eigenvalue weighted by Gasteiger charge is -2.30. The number of amides is 2. The number of aliphatic carboxylic acids is 1. The van der Waals surface area contributed by atoms with Crippen LogP contribution in [0.4, 0.5) is 0 Å². The first kappa shape index (κ1) is 19.8. The number of carbonyl (C=O) groups is 3. The van der Waals surface area contributed by atoms with E-state index in [0.717, 1.165) is 6.42 Å². The molecule has 1 fully saturated rings. The van der Waals surface area contributed by atoms with Gasteiger partial charge in [0.15, 0.2) is 0 Å². The lowest BCUT2D eigenvalue weighted by atomic mass is 10.00. The molecule has 2 N–H and O–H groups in total. The van der Waals surface area contributed by atoms with Gasteiger partial charge in [0.05, 0.1) is 5.25 Å². The lowest BCUT2D eigenvalue weighted by molar-refractivity contribution is -0.149. The van der Waals surface area contributed by atoms with Crippen LogP contribution >= 0.6 is 12.6 Å². The Kier molecular flexibility index (Phi) is 7.38. The van der Waals surface area contributed by atoms with Crippen LogP contribution in [-0.2, 0) is 14.4 Å². The summed E-state index contributed by atoms with van der Waals surface area (Å²) in [6.45, 7) is 8.01. The fourth-order valence-electron chi connectivity index (χ4n) is 2.70. The van der Waals surface area contributed by atoms with E-state index in [4.69, 9.17) is 0 Å². The molecule has 0 spiro atoms. The molecule has 1 saturated heterocycles. The molecule has 0 aromatic rings. The zero-order valence-corrected chi connectivity index (χ0v) is 15.2. The molecule has 1 aliphatic rings. The van der Waals surface area contributed by atoms with Gasteiger partial charge < -0.3 is 15.3 Å². The maximum atomic E-state index is 12.7. The highest BCUT2D eigenvalue weighted by molar-refractivity contribution is 7.81. The molecule has 0 aromatic heterocycles. The van der Waals surface area contributed by atoms with Gasteiger partial charge in [-0.25, -0.2) is 4.79 Å². The van der Waals surface area contributed by atoms with Gasteiger partial charge in [-0.3, -0.25) is 9.59 Å². The summed E-state index contributed by atoms with van der Waals surface area (Å²) in [5.74, 6) is -1.61. The van der Waals surface area contributed by atoms with Gasteiger partial charge >= 0.3 is 5.97 Å². The van der Waals surface area contributed by atoms with E-state index in [2.05, 4.69) is 17.9 Å². The number of rotatable bonds is 7. The molecule has 23 heavy (non-hydrogen) atoms. The molecule has 0 bridgehead atoms. The third-order valence-electron chi connectivity index (χ3n) is 4.50. The zero-order chi connectivity index (χ0) is 17.7. The standard InChI is InChI=1S/C16H28N2O4S/c1-5-10(4)13(23)14(19)17-12(9(2)3)15(20)18-8-6-7-11(18)16(21)22/h9-13,23H,5-8H2,1-4H3,(H,17,19)(H,21,22)/t10-,11-,12-,13-/m0/s1. The van der Waals surface area contributed by atoms with Crippen LogP contribution < -0.4 is 5.32 Å². The molecular formula is C16H28N2O4S. The first-order valence-electron chi connectivity index (χ1n) is 8.22. The molecule has 2 amide bonds. The summed E-state index contributed by atoms with van der Waals surface area (Å²) in [5, 5.41) is 11.5. The van der Waals surface area contributed by atoms with Crippen molar-refractivity contribution in [2.45, 2.75) is 64.3 Å². The average molecular weight is 344 g/mol. The fourth-order valence-corrected chi connectivity index (χ4v) is 2.99. The predicted molar refractivity (Wildman–Crippen MR) is 91.4 cm³/mol. The molecule has 0 radical (unpaired) electrons. The molecular weight excluding hydrogens is 316 g/mol. The molecule has 0 unspecified atom stereocenters. The highest BCUT2D eigenvalue weighted by atomic mass is 32.1. The summed E-state index contributed by atoms with van der Waals surface area (Å²) in [6, 6.07) is -1.51. The second-order valence-corrected chi connectivity index (χ2v) is 7.14. The summed E-state index contributed by atoms with van der Waals surface area (Å²) in [7, 11) is 0. The van der Waals surface area contributed by atoms with E-state index in [9.17, 15) is 19.5 Å². The zero-order valence-electron chi connectivity index (χ0n) is 14.3. The van der Waals surface area contributed by atoms with Crippen LogP contribution in [-0.4, -0.2) is 51.7 Å². The maximum absolute atomic E-state index is 12.7. The molecule has 1 aliphatic heterocycles. The highest BCUT2D eigenvalue weighted by Crippen LogP contribution is 2.21. The van der Waals surface area contributed by atoms with Crippen molar-refractivity contribution in [1.29, 1.82) is 0 Å². The van der Waals surface area contributed by atoms with Crippen molar-refractivity contribution >= 4 is 30.4 Å². The normalized spacial score (nSPS) is 21.8. The van der Waals surface area contributed by atoms with Gasteiger partial charge in [0, 0.05) is 6.54 Å². The summed E-state index contributed by atoms with van der Waals surface area (Å²) in [5.41, 5.74) is 0.